The zero-order valence-electron chi connectivity index (χ0n) is 20.1. The molecule has 0 fully saturated rings. The smallest absolute Gasteiger partial charge is 0.268 e. The molecule has 0 saturated carbocycles. The number of carbonyl (C=O) groups is 1. The number of fused-ring (bicyclic) bond motifs is 2. The second-order valence-electron chi connectivity index (χ2n) is 9.87. The number of nitrogens with zero attached hydrogens (tertiary/aromatic N) is 4. The number of anilines is 3. The van der Waals surface area contributed by atoms with Gasteiger partial charge in [-0.1, -0.05) is 49.2 Å². The third-order valence-electron chi connectivity index (χ3n) is 6.56. The lowest BCUT2D eigenvalue weighted by Crippen LogP contribution is -2.45. The fraction of sp³-hybridized carbons (Fsp3) is 0.346. The maximum absolute atomic E-state index is 13.1. The van der Waals surface area contributed by atoms with Crippen LogP contribution in [0.1, 0.15) is 49.2 Å². The molecule has 182 valence electrons. The van der Waals surface area contributed by atoms with Gasteiger partial charge in [-0.15, -0.1) is 0 Å². The summed E-state index contributed by atoms with van der Waals surface area (Å²) in [6.45, 7) is 10.9. The Balaban J connectivity index is 1.39. The van der Waals surface area contributed by atoms with E-state index in [1.54, 1.807) is 18.2 Å². The van der Waals surface area contributed by atoms with Crippen LogP contribution in [0.25, 0.3) is 0 Å². The van der Waals surface area contributed by atoms with Crippen molar-refractivity contribution < 1.29 is 9.53 Å². The Morgan fingerprint density at radius 3 is 2.60 bits per heavy atom. The minimum Gasteiger partial charge on any atom is -0.455 e. The van der Waals surface area contributed by atoms with E-state index in [0.717, 1.165) is 18.8 Å². The zero-order chi connectivity index (χ0) is 24.9. The predicted octanol–water partition coefficient (Wildman–Crippen LogP) is 6.03. The molecular weight excluding hydrogens is 485 g/mol. The molecule has 0 bridgehead atoms. The van der Waals surface area contributed by atoms with Gasteiger partial charge in [0.25, 0.3) is 5.91 Å². The van der Waals surface area contributed by atoms with Crippen LogP contribution in [0.4, 0.5) is 17.3 Å². The van der Waals surface area contributed by atoms with Crippen molar-refractivity contribution in [3.63, 3.8) is 0 Å². The highest BCUT2D eigenvalue weighted by atomic mass is 35.5. The molecule has 7 nitrogen and oxygen atoms in total. The summed E-state index contributed by atoms with van der Waals surface area (Å²) >= 11 is 12.6. The van der Waals surface area contributed by atoms with E-state index in [1.165, 1.54) is 22.2 Å². The Morgan fingerprint density at radius 1 is 1.14 bits per heavy atom. The van der Waals surface area contributed by atoms with E-state index < -0.39 is 0 Å². The first-order chi connectivity index (χ1) is 16.6. The molecule has 0 aliphatic carbocycles. The second kappa shape index (κ2) is 8.97. The molecule has 2 aromatic carbocycles. The maximum atomic E-state index is 13.1. The van der Waals surface area contributed by atoms with E-state index in [0.29, 0.717) is 27.7 Å². The van der Waals surface area contributed by atoms with Gasteiger partial charge >= 0.3 is 0 Å². The summed E-state index contributed by atoms with van der Waals surface area (Å²) in [5.41, 5.74) is 4.26. The van der Waals surface area contributed by atoms with E-state index in [-0.39, 0.29) is 29.5 Å². The quantitative estimate of drug-likeness (QED) is 0.461. The predicted molar refractivity (Wildman–Crippen MR) is 139 cm³/mol. The van der Waals surface area contributed by atoms with Crippen molar-refractivity contribution in [3.8, 4) is 5.88 Å². The number of aromatic nitrogens is 2. The van der Waals surface area contributed by atoms with Gasteiger partial charge in [0.1, 0.15) is 5.56 Å². The third kappa shape index (κ3) is 4.44. The van der Waals surface area contributed by atoms with Crippen LogP contribution in [0.5, 0.6) is 5.88 Å². The molecule has 0 spiro atoms. The van der Waals surface area contributed by atoms with Crippen LogP contribution < -0.4 is 15.0 Å². The van der Waals surface area contributed by atoms with Crippen molar-refractivity contribution in [1.29, 1.82) is 0 Å². The highest BCUT2D eigenvalue weighted by Gasteiger charge is 2.33. The number of hydrogen-bond donors (Lipinski definition) is 1. The van der Waals surface area contributed by atoms with Gasteiger partial charge in [-0.3, -0.25) is 14.6 Å². The summed E-state index contributed by atoms with van der Waals surface area (Å²) in [6.07, 6.45) is 1.46. The molecule has 1 aromatic heterocycles. The van der Waals surface area contributed by atoms with E-state index in [4.69, 9.17) is 27.9 Å². The van der Waals surface area contributed by atoms with Gasteiger partial charge in [0, 0.05) is 36.4 Å². The topological polar surface area (TPSA) is 70.6 Å². The number of ether oxygens (including phenoxy) is 1. The Hall–Kier alpha value is -2.87. The van der Waals surface area contributed by atoms with Gasteiger partial charge in [0.15, 0.2) is 6.73 Å². The number of halogens is 2. The standard InChI is InChI=1S/C26H27Cl2N5O2/c1-15(2)32-12-16-10-17(8-9-19(16)26(3,4)13-32)30-25-29-11-18-23(31-25)35-14-33(24(18)34)22-20(27)6-5-7-21(22)28/h5-11,15H,12-14H2,1-4H3,(H,29,30,31). The number of rotatable bonds is 4. The minimum absolute atomic E-state index is 0.0509. The normalized spacial score (nSPS) is 17.1. The van der Waals surface area contributed by atoms with E-state index >= 15 is 0 Å². The summed E-state index contributed by atoms with van der Waals surface area (Å²) in [6, 6.07) is 11.9. The van der Waals surface area contributed by atoms with Crippen molar-refractivity contribution in [2.45, 2.75) is 45.7 Å². The highest BCUT2D eigenvalue weighted by Crippen LogP contribution is 2.38. The largest absolute Gasteiger partial charge is 0.455 e. The molecule has 3 heterocycles. The summed E-state index contributed by atoms with van der Waals surface area (Å²) in [5, 5.41) is 3.99. The summed E-state index contributed by atoms with van der Waals surface area (Å²) in [4.78, 5) is 25.8. The summed E-state index contributed by atoms with van der Waals surface area (Å²) in [7, 11) is 0. The lowest BCUT2D eigenvalue weighted by atomic mass is 9.78. The molecule has 0 unspecified atom stereocenters. The lowest BCUT2D eigenvalue weighted by Gasteiger charge is -2.42. The van der Waals surface area contributed by atoms with Crippen LogP contribution in [-0.4, -0.2) is 40.1 Å². The van der Waals surface area contributed by atoms with Gasteiger partial charge in [-0.05, 0) is 49.2 Å². The molecule has 2 aliphatic rings. The number of nitrogens with one attached hydrogen (secondary N) is 1. The van der Waals surface area contributed by atoms with E-state index in [9.17, 15) is 4.79 Å². The van der Waals surface area contributed by atoms with E-state index in [1.807, 2.05) is 6.07 Å². The first-order valence-corrected chi connectivity index (χ1v) is 12.3. The molecule has 0 radical (unpaired) electrons. The fourth-order valence-corrected chi connectivity index (χ4v) is 5.35. The number of para-hydroxylation sites is 1. The zero-order valence-corrected chi connectivity index (χ0v) is 21.6. The summed E-state index contributed by atoms with van der Waals surface area (Å²) in [5.74, 6) is 0.256. The average molecular weight is 512 g/mol. The molecular formula is C26H27Cl2N5O2. The maximum Gasteiger partial charge on any atom is 0.268 e. The molecule has 5 rings (SSSR count). The molecule has 35 heavy (non-hydrogen) atoms. The van der Waals surface area contributed by atoms with Crippen molar-refractivity contribution in [3.05, 3.63) is 69.3 Å². The number of amides is 1. The fourth-order valence-electron chi connectivity index (χ4n) is 4.75. The Kier molecular flexibility index (Phi) is 6.11. The van der Waals surface area contributed by atoms with Crippen LogP contribution in [0, 0.1) is 0 Å². The molecule has 0 saturated heterocycles. The van der Waals surface area contributed by atoms with Crippen LogP contribution >= 0.6 is 23.2 Å². The van der Waals surface area contributed by atoms with Crippen LogP contribution in [0.15, 0.2) is 42.6 Å². The van der Waals surface area contributed by atoms with Crippen molar-refractivity contribution in [2.24, 2.45) is 0 Å². The second-order valence-corrected chi connectivity index (χ2v) is 10.7. The molecule has 9 heteroatoms. The number of benzene rings is 2. The van der Waals surface area contributed by atoms with Crippen molar-refractivity contribution in [2.75, 3.05) is 23.5 Å². The van der Waals surface area contributed by atoms with Crippen molar-refractivity contribution >= 4 is 46.4 Å². The van der Waals surface area contributed by atoms with E-state index in [2.05, 4.69) is 60.0 Å². The van der Waals surface area contributed by atoms with Crippen molar-refractivity contribution in [1.82, 2.24) is 14.9 Å². The first-order valence-electron chi connectivity index (χ1n) is 11.5. The van der Waals surface area contributed by atoms with Gasteiger partial charge in [-0.25, -0.2) is 4.98 Å². The monoisotopic (exact) mass is 511 g/mol. The number of hydrogen-bond acceptors (Lipinski definition) is 6. The molecule has 3 aromatic rings. The molecule has 1 amide bonds. The minimum atomic E-state index is -0.322. The molecule has 2 aliphatic heterocycles. The van der Waals surface area contributed by atoms with Crippen LogP contribution in [0.2, 0.25) is 10.0 Å². The Labute approximate surface area is 215 Å². The average Bonchev–Trinajstić information content (AvgIpc) is 2.79. The molecule has 1 N–H and O–H groups in total. The van der Waals surface area contributed by atoms with Gasteiger partial charge in [0.05, 0.1) is 15.7 Å². The third-order valence-corrected chi connectivity index (χ3v) is 7.17. The molecule has 0 atom stereocenters. The highest BCUT2D eigenvalue weighted by molar-refractivity contribution is 6.40. The Morgan fingerprint density at radius 2 is 1.89 bits per heavy atom. The first kappa shape index (κ1) is 23.9. The SMILES string of the molecule is CC(C)N1Cc2cc(Nc3ncc4c(n3)OCN(c3c(Cl)cccc3Cl)C4=O)ccc2C(C)(C)C1. The Bertz CT molecular complexity index is 1290. The van der Waals surface area contributed by atoms with Gasteiger partial charge in [0.2, 0.25) is 11.8 Å². The van der Waals surface area contributed by atoms with Gasteiger partial charge < -0.3 is 10.1 Å². The summed E-state index contributed by atoms with van der Waals surface area (Å²) < 4.78 is 5.80. The lowest BCUT2D eigenvalue weighted by molar-refractivity contribution is 0.0932. The van der Waals surface area contributed by atoms with Gasteiger partial charge in [-0.2, -0.15) is 4.98 Å². The van der Waals surface area contributed by atoms with Crippen LogP contribution in [-0.2, 0) is 12.0 Å². The van der Waals surface area contributed by atoms with Crippen LogP contribution in [0.3, 0.4) is 0 Å². The number of carbonyl (C=O) groups excluding carboxylic acids is 1.